The second-order valence-corrected chi connectivity index (χ2v) is 7.92. The Kier molecular flexibility index (Phi) is 4.61. The van der Waals surface area contributed by atoms with E-state index in [0.717, 1.165) is 9.13 Å². The first-order valence-electron chi connectivity index (χ1n) is 5.83. The summed E-state index contributed by atoms with van der Waals surface area (Å²) in [4.78, 5) is 0.264. The normalized spacial score (nSPS) is 11.4. The SMILES string of the molecule is Cc1ccc(S(=O)(=O)N(C)c2ccc(I)c(Cl)c2)cc1. The summed E-state index contributed by atoms with van der Waals surface area (Å²) in [6, 6.07) is 11.9. The minimum absolute atomic E-state index is 0.264. The molecule has 0 aromatic heterocycles. The van der Waals surface area contributed by atoms with Crippen molar-refractivity contribution in [1.82, 2.24) is 0 Å². The Balaban J connectivity index is 2.42. The number of benzene rings is 2. The summed E-state index contributed by atoms with van der Waals surface area (Å²) in [5.74, 6) is 0. The summed E-state index contributed by atoms with van der Waals surface area (Å²) < 4.78 is 27.2. The lowest BCUT2D eigenvalue weighted by atomic mass is 10.2. The van der Waals surface area contributed by atoms with E-state index in [1.54, 1.807) is 42.5 Å². The van der Waals surface area contributed by atoms with E-state index in [2.05, 4.69) is 22.6 Å². The lowest BCUT2D eigenvalue weighted by Gasteiger charge is -2.20. The second kappa shape index (κ2) is 5.91. The van der Waals surface area contributed by atoms with Gasteiger partial charge in [0.25, 0.3) is 10.0 Å². The largest absolute Gasteiger partial charge is 0.269 e. The van der Waals surface area contributed by atoms with E-state index in [9.17, 15) is 8.42 Å². The molecule has 0 heterocycles. The molecule has 0 N–H and O–H groups in total. The van der Waals surface area contributed by atoms with Gasteiger partial charge in [-0.3, -0.25) is 4.31 Å². The minimum Gasteiger partial charge on any atom is -0.269 e. The van der Waals surface area contributed by atoms with Crippen LogP contribution in [0.2, 0.25) is 5.02 Å². The number of aryl methyl sites for hydroxylation is 1. The predicted molar refractivity (Wildman–Crippen MR) is 90.9 cm³/mol. The van der Waals surface area contributed by atoms with Gasteiger partial charge in [0.1, 0.15) is 0 Å². The van der Waals surface area contributed by atoms with Gasteiger partial charge in [0.05, 0.1) is 15.6 Å². The van der Waals surface area contributed by atoms with Crippen LogP contribution in [0.5, 0.6) is 0 Å². The highest BCUT2D eigenvalue weighted by Crippen LogP contribution is 2.27. The van der Waals surface area contributed by atoms with E-state index in [1.165, 1.54) is 11.4 Å². The number of hydrogen-bond acceptors (Lipinski definition) is 2. The maximum absolute atomic E-state index is 12.5. The summed E-state index contributed by atoms with van der Waals surface area (Å²) in [7, 11) is -2.04. The van der Waals surface area contributed by atoms with E-state index >= 15 is 0 Å². The van der Waals surface area contributed by atoms with Crippen LogP contribution in [0.15, 0.2) is 47.4 Å². The second-order valence-electron chi connectivity index (χ2n) is 4.38. The molecular formula is C14H13ClINO2S. The summed E-state index contributed by atoms with van der Waals surface area (Å²) in [5, 5.41) is 0.536. The average molecular weight is 422 g/mol. The fraction of sp³-hybridized carbons (Fsp3) is 0.143. The average Bonchev–Trinajstić information content (AvgIpc) is 2.41. The topological polar surface area (TPSA) is 37.4 Å². The molecule has 20 heavy (non-hydrogen) atoms. The van der Waals surface area contributed by atoms with Crippen LogP contribution < -0.4 is 4.31 Å². The van der Waals surface area contributed by atoms with Gasteiger partial charge in [-0.25, -0.2) is 8.42 Å². The molecule has 6 heteroatoms. The molecule has 0 saturated carbocycles. The number of halogens is 2. The van der Waals surface area contributed by atoms with E-state index in [-0.39, 0.29) is 4.90 Å². The monoisotopic (exact) mass is 421 g/mol. The van der Waals surface area contributed by atoms with Crippen molar-refractivity contribution < 1.29 is 8.42 Å². The van der Waals surface area contributed by atoms with Crippen LogP contribution in [-0.4, -0.2) is 15.5 Å². The number of nitrogens with zero attached hydrogens (tertiary/aromatic N) is 1. The van der Waals surface area contributed by atoms with Crippen LogP contribution in [0.1, 0.15) is 5.56 Å². The molecule has 0 aliphatic heterocycles. The van der Waals surface area contributed by atoms with Crippen molar-refractivity contribution in [2.24, 2.45) is 0 Å². The molecule has 0 spiro atoms. The quantitative estimate of drug-likeness (QED) is 0.701. The van der Waals surface area contributed by atoms with Crippen molar-refractivity contribution in [2.45, 2.75) is 11.8 Å². The third-order valence-corrected chi connectivity index (χ3v) is 6.32. The third-order valence-electron chi connectivity index (χ3n) is 2.95. The zero-order valence-electron chi connectivity index (χ0n) is 11.0. The zero-order chi connectivity index (χ0) is 14.9. The van der Waals surface area contributed by atoms with E-state index < -0.39 is 10.0 Å². The Morgan fingerprint density at radius 3 is 2.25 bits per heavy atom. The molecule has 0 saturated heterocycles. The fourth-order valence-electron chi connectivity index (χ4n) is 1.69. The molecule has 0 aliphatic carbocycles. The van der Waals surface area contributed by atoms with E-state index in [1.807, 2.05) is 6.92 Å². The maximum Gasteiger partial charge on any atom is 0.264 e. The van der Waals surface area contributed by atoms with Gasteiger partial charge >= 0.3 is 0 Å². The molecule has 3 nitrogen and oxygen atoms in total. The van der Waals surface area contributed by atoms with Gasteiger partial charge in [-0.15, -0.1) is 0 Å². The standard InChI is InChI=1S/C14H13ClINO2S/c1-10-3-6-12(7-4-10)20(18,19)17(2)11-5-8-14(16)13(15)9-11/h3-9H,1-2H3. The Hall–Kier alpha value is -0.790. The van der Waals surface area contributed by atoms with Crippen molar-refractivity contribution in [1.29, 1.82) is 0 Å². The van der Waals surface area contributed by atoms with Crippen molar-refractivity contribution >= 4 is 49.9 Å². The first-order chi connectivity index (χ1) is 9.32. The van der Waals surface area contributed by atoms with Gasteiger partial charge in [-0.2, -0.15) is 0 Å². The molecule has 0 unspecified atom stereocenters. The summed E-state index contributed by atoms with van der Waals surface area (Å²) in [6.07, 6.45) is 0. The molecule has 2 aromatic carbocycles. The molecule has 0 fully saturated rings. The first kappa shape index (κ1) is 15.6. The van der Waals surface area contributed by atoms with Crippen LogP contribution in [0.25, 0.3) is 0 Å². The van der Waals surface area contributed by atoms with Crippen LogP contribution >= 0.6 is 34.2 Å². The minimum atomic E-state index is -3.57. The van der Waals surface area contributed by atoms with Crippen molar-refractivity contribution in [3.8, 4) is 0 Å². The molecule has 0 radical (unpaired) electrons. The van der Waals surface area contributed by atoms with Crippen LogP contribution in [-0.2, 0) is 10.0 Å². The highest BCUT2D eigenvalue weighted by Gasteiger charge is 2.21. The highest BCUT2D eigenvalue weighted by molar-refractivity contribution is 14.1. The highest BCUT2D eigenvalue weighted by atomic mass is 127. The summed E-state index contributed by atoms with van der Waals surface area (Å²) in [5.41, 5.74) is 1.56. The Morgan fingerprint density at radius 2 is 1.70 bits per heavy atom. The predicted octanol–water partition coefficient (Wildman–Crippen LogP) is 4.08. The Bertz CT molecular complexity index is 729. The smallest absolute Gasteiger partial charge is 0.264 e. The molecule has 0 atom stereocenters. The molecule has 2 aromatic rings. The van der Waals surface area contributed by atoms with Crippen LogP contribution in [0.4, 0.5) is 5.69 Å². The van der Waals surface area contributed by atoms with Gasteiger partial charge in [0.15, 0.2) is 0 Å². The molecule has 2 rings (SSSR count). The number of rotatable bonds is 3. The van der Waals surface area contributed by atoms with E-state index in [0.29, 0.717) is 10.7 Å². The van der Waals surface area contributed by atoms with Gasteiger partial charge < -0.3 is 0 Å². The van der Waals surface area contributed by atoms with Gasteiger partial charge in [0.2, 0.25) is 0 Å². The Morgan fingerprint density at radius 1 is 1.10 bits per heavy atom. The molecule has 0 amide bonds. The molecule has 0 aliphatic rings. The summed E-state index contributed by atoms with van der Waals surface area (Å²) in [6.45, 7) is 1.92. The maximum atomic E-state index is 12.5. The molecule has 0 bridgehead atoms. The van der Waals surface area contributed by atoms with Gasteiger partial charge in [-0.05, 0) is 59.8 Å². The Labute approximate surface area is 137 Å². The molecular weight excluding hydrogens is 409 g/mol. The zero-order valence-corrected chi connectivity index (χ0v) is 14.7. The molecule has 106 valence electrons. The van der Waals surface area contributed by atoms with Crippen molar-refractivity contribution in [2.75, 3.05) is 11.4 Å². The van der Waals surface area contributed by atoms with Gasteiger partial charge in [0, 0.05) is 10.6 Å². The lowest BCUT2D eigenvalue weighted by Crippen LogP contribution is -2.26. The summed E-state index contributed by atoms with van der Waals surface area (Å²) >= 11 is 8.15. The first-order valence-corrected chi connectivity index (χ1v) is 8.72. The van der Waals surface area contributed by atoms with Crippen molar-refractivity contribution in [3.63, 3.8) is 0 Å². The number of anilines is 1. The number of sulfonamides is 1. The van der Waals surface area contributed by atoms with Crippen LogP contribution in [0, 0.1) is 10.5 Å². The van der Waals surface area contributed by atoms with Crippen LogP contribution in [0.3, 0.4) is 0 Å². The number of hydrogen-bond donors (Lipinski definition) is 0. The third kappa shape index (κ3) is 3.10. The fourth-order valence-corrected chi connectivity index (χ4v) is 3.39. The van der Waals surface area contributed by atoms with E-state index in [4.69, 9.17) is 11.6 Å². The van der Waals surface area contributed by atoms with Crippen molar-refractivity contribution in [3.05, 3.63) is 56.6 Å². The lowest BCUT2D eigenvalue weighted by molar-refractivity contribution is 0.594. The van der Waals surface area contributed by atoms with Gasteiger partial charge in [-0.1, -0.05) is 29.3 Å².